The highest BCUT2D eigenvalue weighted by molar-refractivity contribution is 7.15. The molecule has 7 heteroatoms. The number of rotatable bonds is 5. The fourth-order valence-electron chi connectivity index (χ4n) is 1.12. The summed E-state index contributed by atoms with van der Waals surface area (Å²) in [5.41, 5.74) is 0. The van der Waals surface area contributed by atoms with Gasteiger partial charge in [0.2, 0.25) is 4.47 Å². The van der Waals surface area contributed by atoms with Crippen LogP contribution in [0.25, 0.3) is 0 Å². The molecule has 0 aliphatic heterocycles. The van der Waals surface area contributed by atoms with Crippen molar-refractivity contribution in [2.24, 2.45) is 0 Å². The number of ether oxygens (including phenoxy) is 1. The third kappa shape index (κ3) is 4.03. The zero-order chi connectivity index (χ0) is 12.1. The first kappa shape index (κ1) is 13.3. The van der Waals surface area contributed by atoms with Gasteiger partial charge in [-0.3, -0.25) is 9.69 Å². The molecule has 0 aliphatic rings. The summed E-state index contributed by atoms with van der Waals surface area (Å²) in [7, 11) is 1.38. The van der Waals surface area contributed by atoms with Gasteiger partial charge in [0.25, 0.3) is 0 Å². The second kappa shape index (κ2) is 6.12. The Kier molecular flexibility index (Phi) is 5.11. The SMILES string of the molecule is COC(=O)CN(Cc1nnc(Cl)s1)C(C)C. The first-order chi connectivity index (χ1) is 7.52. The number of methoxy groups -OCH3 is 1. The van der Waals surface area contributed by atoms with Crippen LogP contribution < -0.4 is 0 Å². The van der Waals surface area contributed by atoms with E-state index >= 15 is 0 Å². The molecule has 0 N–H and O–H groups in total. The number of esters is 1. The lowest BCUT2D eigenvalue weighted by atomic mass is 10.3. The zero-order valence-corrected chi connectivity index (χ0v) is 11.0. The summed E-state index contributed by atoms with van der Waals surface area (Å²) < 4.78 is 5.05. The van der Waals surface area contributed by atoms with E-state index in [4.69, 9.17) is 11.6 Å². The van der Waals surface area contributed by atoms with Crippen LogP contribution in [0.5, 0.6) is 0 Å². The van der Waals surface area contributed by atoms with Crippen LogP contribution in [0.1, 0.15) is 18.9 Å². The molecule has 0 spiro atoms. The summed E-state index contributed by atoms with van der Waals surface area (Å²) in [6.45, 7) is 4.81. The summed E-state index contributed by atoms with van der Waals surface area (Å²) in [4.78, 5) is 13.1. The molecule has 0 unspecified atom stereocenters. The monoisotopic (exact) mass is 263 g/mol. The van der Waals surface area contributed by atoms with Crippen LogP contribution in [0.2, 0.25) is 4.47 Å². The van der Waals surface area contributed by atoms with Crippen molar-refractivity contribution in [3.63, 3.8) is 0 Å². The first-order valence-corrected chi connectivity index (χ1v) is 6.01. The van der Waals surface area contributed by atoms with Crippen molar-refractivity contribution in [2.75, 3.05) is 13.7 Å². The molecule has 0 saturated heterocycles. The summed E-state index contributed by atoms with van der Waals surface area (Å²) in [5, 5.41) is 8.43. The van der Waals surface area contributed by atoms with Crippen molar-refractivity contribution < 1.29 is 9.53 Å². The van der Waals surface area contributed by atoms with Gasteiger partial charge in [-0.05, 0) is 25.4 Å². The number of hydrogen-bond acceptors (Lipinski definition) is 6. The van der Waals surface area contributed by atoms with Crippen molar-refractivity contribution in [3.05, 3.63) is 9.47 Å². The molecule has 0 radical (unpaired) electrons. The van der Waals surface area contributed by atoms with Gasteiger partial charge >= 0.3 is 5.97 Å². The average Bonchev–Trinajstić information content (AvgIpc) is 2.62. The molecular formula is C9H14ClN3O2S. The topological polar surface area (TPSA) is 55.3 Å². The Labute approximate surface area is 103 Å². The van der Waals surface area contributed by atoms with Gasteiger partial charge in [-0.25, -0.2) is 0 Å². The van der Waals surface area contributed by atoms with E-state index in [9.17, 15) is 4.79 Å². The standard InChI is InChI=1S/C9H14ClN3O2S/c1-6(2)13(5-8(14)15-3)4-7-11-12-9(10)16-7/h6H,4-5H2,1-3H3. The van der Waals surface area contributed by atoms with E-state index < -0.39 is 0 Å². The molecule has 0 amide bonds. The van der Waals surface area contributed by atoms with Gasteiger partial charge in [-0.15, -0.1) is 10.2 Å². The molecule has 90 valence electrons. The summed E-state index contributed by atoms with van der Waals surface area (Å²) in [6, 6.07) is 0.224. The minimum absolute atomic E-state index is 0.224. The number of halogens is 1. The summed E-state index contributed by atoms with van der Waals surface area (Å²) in [5.74, 6) is -0.260. The van der Waals surface area contributed by atoms with Gasteiger partial charge in [0.15, 0.2) is 0 Å². The number of nitrogens with zero attached hydrogens (tertiary/aromatic N) is 3. The van der Waals surface area contributed by atoms with Crippen molar-refractivity contribution in [1.29, 1.82) is 0 Å². The maximum atomic E-state index is 11.2. The molecule has 5 nitrogen and oxygen atoms in total. The molecule has 1 aromatic heterocycles. The molecule has 0 saturated carbocycles. The fraction of sp³-hybridized carbons (Fsp3) is 0.667. The quantitative estimate of drug-likeness (QED) is 0.755. The zero-order valence-electron chi connectivity index (χ0n) is 9.44. The van der Waals surface area contributed by atoms with E-state index in [1.54, 1.807) is 0 Å². The highest BCUT2D eigenvalue weighted by Crippen LogP contribution is 2.17. The number of hydrogen-bond donors (Lipinski definition) is 0. The van der Waals surface area contributed by atoms with Crippen LogP contribution in [-0.4, -0.2) is 40.8 Å². The second-order valence-corrected chi connectivity index (χ2v) is 5.17. The van der Waals surface area contributed by atoms with E-state index in [-0.39, 0.29) is 18.6 Å². The predicted molar refractivity (Wildman–Crippen MR) is 62.5 cm³/mol. The van der Waals surface area contributed by atoms with E-state index in [1.807, 2.05) is 18.7 Å². The summed E-state index contributed by atoms with van der Waals surface area (Å²) in [6.07, 6.45) is 0. The lowest BCUT2D eigenvalue weighted by molar-refractivity contribution is -0.142. The molecule has 0 atom stereocenters. The van der Waals surface area contributed by atoms with Crippen LogP contribution in [0.3, 0.4) is 0 Å². The van der Waals surface area contributed by atoms with Crippen LogP contribution in [0, 0.1) is 0 Å². The Bertz CT molecular complexity index is 356. The Morgan fingerprint density at radius 2 is 2.25 bits per heavy atom. The third-order valence-corrected chi connectivity index (χ3v) is 3.07. The predicted octanol–water partition coefficient (Wildman–Crippen LogP) is 1.57. The smallest absolute Gasteiger partial charge is 0.319 e. The molecule has 1 aromatic rings. The first-order valence-electron chi connectivity index (χ1n) is 4.81. The molecule has 0 bridgehead atoms. The molecule has 1 rings (SSSR count). The molecule has 16 heavy (non-hydrogen) atoms. The van der Waals surface area contributed by atoms with Crippen molar-refractivity contribution in [3.8, 4) is 0 Å². The molecule has 0 aromatic carbocycles. The van der Waals surface area contributed by atoms with Crippen LogP contribution in [0.15, 0.2) is 0 Å². The summed E-state index contributed by atoms with van der Waals surface area (Å²) >= 11 is 7.01. The van der Waals surface area contributed by atoms with Crippen molar-refractivity contribution in [1.82, 2.24) is 15.1 Å². The Morgan fingerprint density at radius 3 is 2.69 bits per heavy atom. The third-order valence-electron chi connectivity index (χ3n) is 2.07. The van der Waals surface area contributed by atoms with Gasteiger partial charge in [0.1, 0.15) is 5.01 Å². The largest absolute Gasteiger partial charge is 0.468 e. The molecule has 0 aliphatic carbocycles. The van der Waals surface area contributed by atoms with E-state index in [2.05, 4.69) is 14.9 Å². The number of carbonyl (C=O) groups is 1. The van der Waals surface area contributed by atoms with Crippen LogP contribution >= 0.6 is 22.9 Å². The van der Waals surface area contributed by atoms with E-state index in [1.165, 1.54) is 18.4 Å². The second-order valence-electron chi connectivity index (χ2n) is 3.52. The molecule has 1 heterocycles. The lowest BCUT2D eigenvalue weighted by Gasteiger charge is -2.23. The van der Waals surface area contributed by atoms with E-state index in [0.717, 1.165) is 5.01 Å². The van der Waals surface area contributed by atoms with E-state index in [0.29, 0.717) is 11.0 Å². The Hall–Kier alpha value is -0.720. The van der Waals surface area contributed by atoms with Gasteiger partial charge in [0.05, 0.1) is 20.2 Å². The highest BCUT2D eigenvalue weighted by atomic mass is 35.5. The minimum atomic E-state index is -0.260. The normalized spacial score (nSPS) is 11.1. The van der Waals surface area contributed by atoms with Crippen molar-refractivity contribution in [2.45, 2.75) is 26.4 Å². The minimum Gasteiger partial charge on any atom is -0.468 e. The maximum absolute atomic E-state index is 11.2. The molecular weight excluding hydrogens is 250 g/mol. The van der Waals surface area contributed by atoms with Gasteiger partial charge in [0, 0.05) is 6.04 Å². The average molecular weight is 264 g/mol. The Morgan fingerprint density at radius 1 is 1.56 bits per heavy atom. The van der Waals surface area contributed by atoms with Crippen molar-refractivity contribution >= 4 is 28.9 Å². The Balaban J connectivity index is 2.61. The number of aromatic nitrogens is 2. The van der Waals surface area contributed by atoms with Gasteiger partial charge in [-0.1, -0.05) is 11.3 Å². The lowest BCUT2D eigenvalue weighted by Crippen LogP contribution is -2.35. The molecule has 0 fully saturated rings. The van der Waals surface area contributed by atoms with Crippen LogP contribution in [0.4, 0.5) is 0 Å². The number of carbonyl (C=O) groups excluding carboxylic acids is 1. The van der Waals surface area contributed by atoms with Gasteiger partial charge in [-0.2, -0.15) is 0 Å². The van der Waals surface area contributed by atoms with Crippen LogP contribution in [-0.2, 0) is 16.1 Å². The highest BCUT2D eigenvalue weighted by Gasteiger charge is 2.16. The van der Waals surface area contributed by atoms with Gasteiger partial charge < -0.3 is 4.74 Å². The fourth-order valence-corrected chi connectivity index (χ4v) is 2.02. The maximum Gasteiger partial charge on any atom is 0.319 e.